The van der Waals surface area contributed by atoms with Gasteiger partial charge in [-0.05, 0) is 112 Å². The van der Waals surface area contributed by atoms with E-state index in [4.69, 9.17) is 0 Å². The quantitative estimate of drug-likeness (QED) is 0.175. The van der Waals surface area contributed by atoms with Gasteiger partial charge in [0.2, 0.25) is 0 Å². The first-order valence-corrected chi connectivity index (χ1v) is 19.3. The predicted molar refractivity (Wildman–Crippen MR) is 212 cm³/mol. The van der Waals surface area contributed by atoms with Crippen LogP contribution in [-0.4, -0.2) is 4.57 Å². The van der Waals surface area contributed by atoms with Gasteiger partial charge in [-0.3, -0.25) is 0 Å². The van der Waals surface area contributed by atoms with Crippen molar-refractivity contribution in [2.24, 2.45) is 0 Å². The molecule has 2 fully saturated rings. The van der Waals surface area contributed by atoms with Crippen LogP contribution >= 0.6 is 0 Å². The van der Waals surface area contributed by atoms with Gasteiger partial charge in [-0.2, -0.15) is 0 Å². The van der Waals surface area contributed by atoms with Gasteiger partial charge in [0.15, 0.2) is 0 Å². The van der Waals surface area contributed by atoms with Crippen LogP contribution in [0.25, 0.3) is 60.9 Å². The number of rotatable bonds is 5. The average molecular weight is 648 g/mol. The number of aromatic nitrogens is 1. The fourth-order valence-corrected chi connectivity index (χ4v) is 9.95. The monoisotopic (exact) mass is 647 g/mol. The highest BCUT2D eigenvalue weighted by Gasteiger charge is 2.25. The molecular weight excluding hydrogens is 603 g/mol. The summed E-state index contributed by atoms with van der Waals surface area (Å²) in [4.78, 5) is 0. The van der Waals surface area contributed by atoms with Crippen molar-refractivity contribution in [1.82, 2.24) is 4.57 Å². The maximum Gasteiger partial charge on any atom is 0.0544 e. The molecule has 7 aromatic rings. The lowest BCUT2D eigenvalue weighted by molar-refractivity contribution is 0.444. The Balaban J connectivity index is 1.21. The summed E-state index contributed by atoms with van der Waals surface area (Å²) in [6.45, 7) is 0. The Hall–Kier alpha value is -4.88. The molecule has 6 aromatic carbocycles. The highest BCUT2D eigenvalue weighted by atomic mass is 15.0. The Labute approximate surface area is 296 Å². The van der Waals surface area contributed by atoms with Crippen molar-refractivity contribution in [1.29, 1.82) is 0 Å². The van der Waals surface area contributed by atoms with Crippen LogP contribution in [-0.2, 0) is 6.42 Å². The maximum atomic E-state index is 2.64. The fraction of sp³-hybridized carbons (Fsp3) is 0.265. The van der Waals surface area contributed by atoms with E-state index >= 15 is 0 Å². The molecular formula is C49H45N. The Morgan fingerprint density at radius 3 is 1.54 bits per heavy atom. The third-order valence-corrected chi connectivity index (χ3v) is 12.4. The molecule has 2 saturated carbocycles. The van der Waals surface area contributed by atoms with Gasteiger partial charge in [0, 0.05) is 16.3 Å². The third kappa shape index (κ3) is 4.97. The second-order valence-electron chi connectivity index (χ2n) is 15.3. The number of hydrogen-bond donors (Lipinski definition) is 0. The lowest BCUT2D eigenvalue weighted by atomic mass is 9.83. The van der Waals surface area contributed by atoms with E-state index in [2.05, 4.69) is 132 Å². The van der Waals surface area contributed by atoms with E-state index in [9.17, 15) is 0 Å². The fourth-order valence-electron chi connectivity index (χ4n) is 9.95. The van der Waals surface area contributed by atoms with E-state index in [-0.39, 0.29) is 0 Å². The van der Waals surface area contributed by atoms with E-state index in [1.807, 2.05) is 0 Å². The summed E-state index contributed by atoms with van der Waals surface area (Å²) < 4.78 is 2.64. The van der Waals surface area contributed by atoms with Crippen molar-refractivity contribution < 1.29 is 0 Å². The summed E-state index contributed by atoms with van der Waals surface area (Å²) in [6.07, 6.45) is 14.4. The van der Waals surface area contributed by atoms with Crippen molar-refractivity contribution in [2.45, 2.75) is 82.5 Å². The molecule has 246 valence electrons. The molecule has 1 aromatic heterocycles. The van der Waals surface area contributed by atoms with Gasteiger partial charge in [0.1, 0.15) is 0 Å². The molecule has 0 amide bonds. The molecule has 3 aliphatic carbocycles. The molecule has 0 radical (unpaired) electrons. The second-order valence-corrected chi connectivity index (χ2v) is 15.3. The molecule has 0 saturated heterocycles. The van der Waals surface area contributed by atoms with Crippen LogP contribution in [0.15, 0.2) is 127 Å². The lowest BCUT2D eigenvalue weighted by Gasteiger charge is -2.23. The Morgan fingerprint density at radius 2 is 0.900 bits per heavy atom. The first-order valence-electron chi connectivity index (χ1n) is 19.3. The van der Waals surface area contributed by atoms with Crippen molar-refractivity contribution >= 4 is 21.8 Å². The molecule has 0 N–H and O–H groups in total. The van der Waals surface area contributed by atoms with Gasteiger partial charge >= 0.3 is 0 Å². The summed E-state index contributed by atoms with van der Waals surface area (Å²) in [5.41, 5.74) is 17.9. The summed E-state index contributed by atoms with van der Waals surface area (Å²) in [5, 5.41) is 2.74. The molecule has 1 heteroatoms. The summed E-state index contributed by atoms with van der Waals surface area (Å²) >= 11 is 0. The number of benzene rings is 6. The number of nitrogens with zero attached hydrogens (tertiary/aromatic N) is 1. The van der Waals surface area contributed by atoms with E-state index in [1.165, 1.54) is 147 Å². The normalized spacial score (nSPS) is 16.6. The van der Waals surface area contributed by atoms with Crippen LogP contribution in [0.4, 0.5) is 0 Å². The van der Waals surface area contributed by atoms with Crippen LogP contribution in [0.5, 0.6) is 0 Å². The first kappa shape index (κ1) is 30.0. The second kappa shape index (κ2) is 12.5. The molecule has 10 rings (SSSR count). The molecule has 0 spiro atoms. The smallest absolute Gasteiger partial charge is 0.0544 e. The van der Waals surface area contributed by atoms with Gasteiger partial charge in [-0.25, -0.2) is 0 Å². The Kier molecular flexibility index (Phi) is 7.48. The van der Waals surface area contributed by atoms with E-state index in [0.717, 1.165) is 6.42 Å². The highest BCUT2D eigenvalue weighted by Crippen LogP contribution is 2.47. The van der Waals surface area contributed by atoms with Crippen molar-refractivity contribution in [3.05, 3.63) is 150 Å². The van der Waals surface area contributed by atoms with Gasteiger partial charge in [-0.15, -0.1) is 0 Å². The number of para-hydroxylation sites is 1. The Morgan fingerprint density at radius 1 is 0.400 bits per heavy atom. The van der Waals surface area contributed by atoms with E-state index in [0.29, 0.717) is 11.8 Å². The number of hydrogen-bond acceptors (Lipinski definition) is 0. The van der Waals surface area contributed by atoms with Crippen LogP contribution < -0.4 is 0 Å². The van der Waals surface area contributed by atoms with Crippen LogP contribution in [0.1, 0.15) is 98.3 Å². The SMILES string of the molecule is c1ccc2c(c1)Cc1cccc(-c3ccccc3-c3ccccc3-n3c4cc(C5CCCCC5)ccc4c4ccc(C5CCCCC5)cc43)c1-2. The van der Waals surface area contributed by atoms with Gasteiger partial charge < -0.3 is 4.57 Å². The highest BCUT2D eigenvalue weighted by molar-refractivity contribution is 6.10. The molecule has 50 heavy (non-hydrogen) atoms. The summed E-state index contributed by atoms with van der Waals surface area (Å²) in [6, 6.07) is 49.2. The summed E-state index contributed by atoms with van der Waals surface area (Å²) in [7, 11) is 0. The zero-order valence-electron chi connectivity index (χ0n) is 29.0. The largest absolute Gasteiger partial charge is 0.309 e. The summed E-state index contributed by atoms with van der Waals surface area (Å²) in [5.74, 6) is 1.33. The van der Waals surface area contributed by atoms with Crippen molar-refractivity contribution in [3.63, 3.8) is 0 Å². The molecule has 0 atom stereocenters. The van der Waals surface area contributed by atoms with Crippen LogP contribution in [0.3, 0.4) is 0 Å². The maximum absolute atomic E-state index is 2.64. The molecule has 0 bridgehead atoms. The predicted octanol–water partition coefficient (Wildman–Crippen LogP) is 13.8. The standard InChI is InChI=1S/C49H45N/c1-3-14-33(15-4-1)35-26-28-43-44-29-27-36(34-16-5-2-6-17-34)32-48(44)50(47(43)31-35)46-25-12-11-23-42(46)40-21-9-10-22-41(40)45-24-13-19-38-30-37-18-7-8-20-39(37)49(38)45/h7-13,18-29,31-34H,1-6,14-17,30H2. The van der Waals surface area contributed by atoms with Gasteiger partial charge in [-0.1, -0.05) is 148 Å². The minimum atomic E-state index is 0.663. The van der Waals surface area contributed by atoms with Gasteiger partial charge in [0.05, 0.1) is 16.7 Å². The van der Waals surface area contributed by atoms with Crippen LogP contribution in [0.2, 0.25) is 0 Å². The minimum absolute atomic E-state index is 0.663. The zero-order valence-corrected chi connectivity index (χ0v) is 29.0. The van der Waals surface area contributed by atoms with Crippen molar-refractivity contribution in [2.75, 3.05) is 0 Å². The lowest BCUT2D eigenvalue weighted by Crippen LogP contribution is -2.05. The first-order chi connectivity index (χ1) is 24.8. The van der Waals surface area contributed by atoms with E-state index < -0.39 is 0 Å². The third-order valence-electron chi connectivity index (χ3n) is 12.4. The minimum Gasteiger partial charge on any atom is -0.309 e. The van der Waals surface area contributed by atoms with Gasteiger partial charge in [0.25, 0.3) is 0 Å². The Bertz CT molecular complexity index is 2300. The number of fused-ring (bicyclic) bond motifs is 6. The average Bonchev–Trinajstić information content (AvgIpc) is 3.74. The zero-order chi connectivity index (χ0) is 33.0. The van der Waals surface area contributed by atoms with Crippen LogP contribution in [0, 0.1) is 0 Å². The topological polar surface area (TPSA) is 4.93 Å². The van der Waals surface area contributed by atoms with Crippen molar-refractivity contribution in [3.8, 4) is 39.1 Å². The molecule has 0 aliphatic heterocycles. The van der Waals surface area contributed by atoms with E-state index in [1.54, 1.807) is 0 Å². The molecule has 3 aliphatic rings. The molecule has 1 nitrogen and oxygen atoms in total. The molecule has 1 heterocycles. The molecule has 0 unspecified atom stereocenters.